The number of rotatable bonds is 6. The zero-order valence-corrected chi connectivity index (χ0v) is 9.30. The summed E-state index contributed by atoms with van der Waals surface area (Å²) in [6, 6.07) is -0.967. The van der Waals surface area contributed by atoms with E-state index < -0.39 is 25.7 Å². The van der Waals surface area contributed by atoms with Crippen molar-refractivity contribution in [1.29, 1.82) is 0 Å². The van der Waals surface area contributed by atoms with Gasteiger partial charge >= 0.3 is 13.7 Å². The number of guanidine groups is 1. The number of nitrogens with one attached hydrogen (secondary N) is 1. The minimum absolute atomic E-state index is 0.139. The van der Waals surface area contributed by atoms with E-state index >= 15 is 0 Å². The van der Waals surface area contributed by atoms with Crippen LogP contribution in [0.5, 0.6) is 0 Å². The highest BCUT2D eigenvalue weighted by molar-refractivity contribution is 7.50. The fraction of sp³-hybridized carbons (Fsp3) is 0.667. The smallest absolute Gasteiger partial charge is 0.429 e. The molecule has 0 aromatic carbocycles. The number of carboxylic acids is 1. The lowest BCUT2D eigenvalue weighted by molar-refractivity contribution is -0.138. The normalized spacial score (nSPS) is 14.6. The van der Waals surface area contributed by atoms with Crippen LogP contribution >= 0.6 is 7.75 Å². The summed E-state index contributed by atoms with van der Waals surface area (Å²) in [6.07, 6.45) is 0.568. The van der Waals surface area contributed by atoms with Gasteiger partial charge in [-0.25, -0.2) is 4.57 Å². The molecule has 0 heterocycles. The summed E-state index contributed by atoms with van der Waals surface area (Å²) >= 11 is 0. The predicted molar refractivity (Wildman–Crippen MR) is 56.5 cm³/mol. The molecule has 0 bridgehead atoms. The van der Waals surface area contributed by atoms with Crippen LogP contribution in [0.4, 0.5) is 0 Å². The van der Waals surface area contributed by atoms with Crippen molar-refractivity contribution in [3.05, 3.63) is 0 Å². The van der Waals surface area contributed by atoms with Crippen LogP contribution in [0.25, 0.3) is 0 Å². The first-order chi connectivity index (χ1) is 7.22. The average Bonchev–Trinajstić information content (AvgIpc) is 2.08. The summed E-state index contributed by atoms with van der Waals surface area (Å²) in [5.74, 6) is -1.50. The Morgan fingerprint density at radius 2 is 2.06 bits per heavy atom. The highest BCUT2D eigenvalue weighted by Gasteiger charge is 2.13. The van der Waals surface area contributed by atoms with Gasteiger partial charge in [0.2, 0.25) is 0 Å². The Labute approximate surface area is 91.8 Å². The first kappa shape index (κ1) is 14.8. The van der Waals surface area contributed by atoms with Gasteiger partial charge in [-0.05, 0) is 12.8 Å². The van der Waals surface area contributed by atoms with E-state index in [1.54, 1.807) is 5.09 Å². The average molecular weight is 254 g/mol. The highest BCUT2D eigenvalue weighted by atomic mass is 31.2. The molecule has 16 heavy (non-hydrogen) atoms. The summed E-state index contributed by atoms with van der Waals surface area (Å²) in [7, 11) is -4.43. The molecule has 94 valence electrons. The van der Waals surface area contributed by atoms with Gasteiger partial charge in [-0.15, -0.1) is 0 Å². The van der Waals surface area contributed by atoms with Crippen molar-refractivity contribution in [2.45, 2.75) is 18.9 Å². The molecule has 10 heteroatoms. The Hall–Kier alpha value is -1.15. The molecule has 0 aromatic heterocycles. The van der Waals surface area contributed by atoms with Gasteiger partial charge in [-0.1, -0.05) is 0 Å². The van der Waals surface area contributed by atoms with E-state index in [2.05, 4.69) is 4.99 Å². The summed E-state index contributed by atoms with van der Waals surface area (Å²) in [5, 5.41) is 10.1. The van der Waals surface area contributed by atoms with Gasteiger partial charge in [0.1, 0.15) is 6.04 Å². The molecular weight excluding hydrogens is 239 g/mol. The molecule has 0 saturated heterocycles. The number of hydrogen-bond acceptors (Lipinski definition) is 4. The Morgan fingerprint density at radius 3 is 2.50 bits per heavy atom. The Balaban J connectivity index is 3.84. The van der Waals surface area contributed by atoms with Crippen molar-refractivity contribution in [2.75, 3.05) is 6.54 Å². The standard InChI is InChI=1S/C6H15N4O5P/c7-4(5(11)12)2-1-3-9-6(8)10-16(13,14)15/h4H,1-3,7H2,(H,11,12)(H5,8,9,10,13,14,15). The molecule has 0 aliphatic carbocycles. The maximum Gasteiger partial charge on any atom is 0.429 e. The number of aliphatic carboxylic acids is 1. The summed E-state index contributed by atoms with van der Waals surface area (Å²) in [4.78, 5) is 30.8. The minimum Gasteiger partial charge on any atom is -0.480 e. The Morgan fingerprint density at radius 1 is 1.50 bits per heavy atom. The number of nitrogens with zero attached hydrogens (tertiary/aromatic N) is 1. The number of aliphatic imine (C=N–C) groups is 1. The molecule has 8 N–H and O–H groups in total. The van der Waals surface area contributed by atoms with Gasteiger partial charge in [0.05, 0.1) is 0 Å². The molecular formula is C6H15N4O5P. The van der Waals surface area contributed by atoms with Crippen molar-refractivity contribution in [3.8, 4) is 0 Å². The van der Waals surface area contributed by atoms with E-state index in [-0.39, 0.29) is 13.0 Å². The number of carbonyl (C=O) groups is 1. The fourth-order valence-corrected chi connectivity index (χ4v) is 1.19. The first-order valence-electron chi connectivity index (χ1n) is 4.34. The van der Waals surface area contributed by atoms with Crippen LogP contribution in [0, 0.1) is 0 Å². The maximum absolute atomic E-state index is 10.4. The van der Waals surface area contributed by atoms with Crippen LogP contribution in [-0.2, 0) is 9.36 Å². The number of carboxylic acid groups (broad SMARTS) is 1. The molecule has 0 amide bonds. The van der Waals surface area contributed by atoms with Crippen molar-refractivity contribution >= 4 is 19.7 Å². The lowest BCUT2D eigenvalue weighted by atomic mass is 10.2. The van der Waals surface area contributed by atoms with E-state index in [4.69, 9.17) is 26.4 Å². The van der Waals surface area contributed by atoms with Crippen LogP contribution < -0.4 is 16.6 Å². The summed E-state index contributed by atoms with van der Waals surface area (Å²) in [5.41, 5.74) is 10.4. The van der Waals surface area contributed by atoms with Crippen molar-refractivity contribution in [2.24, 2.45) is 16.5 Å². The fourth-order valence-electron chi connectivity index (χ4n) is 0.819. The second-order valence-electron chi connectivity index (χ2n) is 3.01. The molecule has 0 radical (unpaired) electrons. The van der Waals surface area contributed by atoms with Crippen molar-refractivity contribution in [3.63, 3.8) is 0 Å². The topological polar surface area (TPSA) is 171 Å². The Kier molecular flexibility index (Phi) is 5.97. The zero-order valence-electron chi connectivity index (χ0n) is 8.41. The lowest BCUT2D eigenvalue weighted by Gasteiger charge is -2.07. The molecule has 9 nitrogen and oxygen atoms in total. The number of hydrogen-bond donors (Lipinski definition) is 6. The third-order valence-electron chi connectivity index (χ3n) is 1.53. The maximum atomic E-state index is 10.4. The van der Waals surface area contributed by atoms with Gasteiger partial charge < -0.3 is 26.4 Å². The third kappa shape index (κ3) is 8.18. The van der Waals surface area contributed by atoms with E-state index in [1.807, 2.05) is 0 Å². The largest absolute Gasteiger partial charge is 0.480 e. The molecule has 0 saturated carbocycles. The molecule has 0 spiro atoms. The van der Waals surface area contributed by atoms with Gasteiger partial charge in [-0.3, -0.25) is 14.9 Å². The second-order valence-corrected chi connectivity index (χ2v) is 4.32. The van der Waals surface area contributed by atoms with Gasteiger partial charge in [0, 0.05) is 6.54 Å². The van der Waals surface area contributed by atoms with Gasteiger partial charge in [0.15, 0.2) is 5.96 Å². The molecule has 0 aliphatic rings. The van der Waals surface area contributed by atoms with Crippen LogP contribution in [0.2, 0.25) is 0 Å². The minimum atomic E-state index is -4.43. The first-order valence-corrected chi connectivity index (χ1v) is 5.96. The summed E-state index contributed by atoms with van der Waals surface area (Å²) in [6.45, 7) is 0.139. The van der Waals surface area contributed by atoms with Gasteiger partial charge in [0.25, 0.3) is 0 Å². The molecule has 1 atom stereocenters. The lowest BCUT2D eigenvalue weighted by Crippen LogP contribution is -2.31. The quantitative estimate of drug-likeness (QED) is 0.139. The molecule has 1 unspecified atom stereocenters. The number of nitrogens with two attached hydrogens (primary N) is 2. The highest BCUT2D eigenvalue weighted by Crippen LogP contribution is 2.27. The van der Waals surface area contributed by atoms with Gasteiger partial charge in [-0.2, -0.15) is 0 Å². The SMILES string of the molecule is N/C(=N\CCCC(N)C(=O)O)NP(=O)(O)O. The van der Waals surface area contributed by atoms with Crippen LogP contribution in [0.3, 0.4) is 0 Å². The van der Waals surface area contributed by atoms with Crippen LogP contribution in [0.1, 0.15) is 12.8 Å². The molecule has 0 fully saturated rings. The van der Waals surface area contributed by atoms with E-state index in [0.717, 1.165) is 0 Å². The second kappa shape index (κ2) is 6.44. The van der Waals surface area contributed by atoms with Crippen molar-refractivity contribution < 1.29 is 24.3 Å². The Bertz CT molecular complexity index is 314. The third-order valence-corrected chi connectivity index (χ3v) is 2.05. The predicted octanol–water partition coefficient (Wildman–Crippen LogP) is -1.82. The van der Waals surface area contributed by atoms with Crippen molar-refractivity contribution in [1.82, 2.24) is 5.09 Å². The molecule has 0 rings (SSSR count). The van der Waals surface area contributed by atoms with Crippen LogP contribution in [-0.4, -0.2) is 39.4 Å². The van der Waals surface area contributed by atoms with E-state index in [0.29, 0.717) is 6.42 Å². The monoisotopic (exact) mass is 254 g/mol. The zero-order chi connectivity index (χ0) is 12.8. The van der Waals surface area contributed by atoms with E-state index in [9.17, 15) is 9.36 Å². The summed E-state index contributed by atoms with van der Waals surface area (Å²) < 4.78 is 10.4. The molecule has 0 aromatic rings. The van der Waals surface area contributed by atoms with Crippen LogP contribution in [0.15, 0.2) is 4.99 Å². The molecule has 0 aliphatic heterocycles. The van der Waals surface area contributed by atoms with E-state index in [1.165, 1.54) is 0 Å².